The fraction of sp³-hybridized carbons (Fsp3) is 0.600. The summed E-state index contributed by atoms with van der Waals surface area (Å²) in [6.07, 6.45) is 3.18. The molecule has 0 aliphatic heterocycles. The number of amides is 1. The fourth-order valence-corrected chi connectivity index (χ4v) is 2.98. The number of carbonyl (C=O) groups excluding carboxylic acids is 2. The number of carbonyl (C=O) groups is 2. The number of alkyl carbamates (subject to hydrolysis) is 1. The summed E-state index contributed by atoms with van der Waals surface area (Å²) in [4.78, 5) is 23.6. The van der Waals surface area contributed by atoms with Crippen LogP contribution in [0, 0.1) is 0 Å². The molecule has 0 unspecified atom stereocenters. The van der Waals surface area contributed by atoms with Crippen LogP contribution < -0.4 is 10.6 Å². The van der Waals surface area contributed by atoms with Crippen molar-refractivity contribution in [2.75, 3.05) is 6.54 Å². The Balaban J connectivity index is 1.60. The van der Waals surface area contributed by atoms with Gasteiger partial charge in [0.15, 0.2) is 0 Å². The van der Waals surface area contributed by atoms with Gasteiger partial charge in [-0.15, -0.1) is 0 Å². The maximum atomic E-state index is 11.9. The lowest BCUT2D eigenvalue weighted by atomic mass is 9.91. The molecule has 6 heteroatoms. The first kappa shape index (κ1) is 20.2. The number of hydrogen-bond donors (Lipinski definition) is 2. The third-order valence-corrected chi connectivity index (χ3v) is 4.22. The topological polar surface area (TPSA) is 76.7 Å². The Bertz CT molecular complexity index is 575. The number of esters is 1. The number of ether oxygens (including phenoxy) is 2. The number of nitrogens with one attached hydrogen (secondary N) is 2. The maximum Gasteiger partial charge on any atom is 0.407 e. The summed E-state index contributed by atoms with van der Waals surface area (Å²) in [7, 11) is 0. The van der Waals surface area contributed by atoms with E-state index < -0.39 is 5.60 Å². The molecule has 1 saturated carbocycles. The highest BCUT2D eigenvalue weighted by Crippen LogP contribution is 2.19. The first-order valence-corrected chi connectivity index (χ1v) is 9.24. The molecule has 0 atom stereocenters. The highest BCUT2D eigenvalue weighted by molar-refractivity contribution is 5.72. The van der Waals surface area contributed by atoms with E-state index in [2.05, 4.69) is 10.6 Å². The average molecular weight is 362 g/mol. The van der Waals surface area contributed by atoms with Crippen LogP contribution in [-0.2, 0) is 20.9 Å². The summed E-state index contributed by atoms with van der Waals surface area (Å²) in [5, 5.41) is 6.17. The van der Waals surface area contributed by atoms with Gasteiger partial charge in [0.05, 0.1) is 6.54 Å². The normalized spacial score (nSPS) is 20.3. The van der Waals surface area contributed by atoms with Gasteiger partial charge in [-0.05, 0) is 52.0 Å². The van der Waals surface area contributed by atoms with Crippen molar-refractivity contribution in [3.05, 3.63) is 35.9 Å². The first-order valence-electron chi connectivity index (χ1n) is 9.24. The van der Waals surface area contributed by atoms with Crippen molar-refractivity contribution in [2.45, 2.75) is 70.7 Å². The van der Waals surface area contributed by atoms with Crippen LogP contribution in [0.15, 0.2) is 30.3 Å². The summed E-state index contributed by atoms with van der Waals surface area (Å²) in [6.45, 7) is 6.08. The molecule has 1 aliphatic carbocycles. The molecule has 1 fully saturated rings. The van der Waals surface area contributed by atoms with Crippen molar-refractivity contribution < 1.29 is 19.1 Å². The molecule has 0 radical (unpaired) electrons. The van der Waals surface area contributed by atoms with E-state index in [1.807, 2.05) is 51.1 Å². The van der Waals surface area contributed by atoms with Gasteiger partial charge in [-0.2, -0.15) is 0 Å². The van der Waals surface area contributed by atoms with Gasteiger partial charge in [0, 0.05) is 12.1 Å². The van der Waals surface area contributed by atoms with E-state index in [1.165, 1.54) is 0 Å². The Labute approximate surface area is 155 Å². The first-order chi connectivity index (χ1) is 12.3. The van der Waals surface area contributed by atoms with Gasteiger partial charge in [-0.1, -0.05) is 30.3 Å². The van der Waals surface area contributed by atoms with Crippen molar-refractivity contribution in [1.29, 1.82) is 0 Å². The quantitative estimate of drug-likeness (QED) is 0.760. The summed E-state index contributed by atoms with van der Waals surface area (Å²) in [6, 6.07) is 10.0. The third kappa shape index (κ3) is 7.87. The molecule has 1 amide bonds. The molecule has 1 aliphatic rings. The summed E-state index contributed by atoms with van der Waals surface area (Å²) in [5.74, 6) is -0.234. The van der Waals surface area contributed by atoms with Gasteiger partial charge in [0.1, 0.15) is 12.2 Å². The van der Waals surface area contributed by atoms with Gasteiger partial charge in [-0.3, -0.25) is 4.79 Å². The van der Waals surface area contributed by atoms with E-state index in [1.54, 1.807) is 0 Å². The van der Waals surface area contributed by atoms with E-state index >= 15 is 0 Å². The lowest BCUT2D eigenvalue weighted by Crippen LogP contribution is -2.44. The van der Waals surface area contributed by atoms with Crippen LogP contribution in [0.5, 0.6) is 0 Å². The summed E-state index contributed by atoms with van der Waals surface area (Å²) >= 11 is 0. The third-order valence-electron chi connectivity index (χ3n) is 4.22. The SMILES string of the molecule is CC(C)(C)OC(=O)CNC1CCC(NC(=O)OCc2ccccc2)CC1. The molecule has 2 rings (SSSR count). The Morgan fingerprint density at radius 1 is 1.04 bits per heavy atom. The van der Waals surface area contributed by atoms with Crippen LogP contribution in [0.25, 0.3) is 0 Å². The van der Waals surface area contributed by atoms with Gasteiger partial charge in [-0.25, -0.2) is 4.79 Å². The monoisotopic (exact) mass is 362 g/mol. The molecule has 0 aromatic heterocycles. The van der Waals surface area contributed by atoms with Crippen molar-refractivity contribution in [3.63, 3.8) is 0 Å². The Morgan fingerprint density at radius 2 is 1.65 bits per heavy atom. The smallest absolute Gasteiger partial charge is 0.407 e. The predicted octanol–water partition coefficient (Wildman–Crippen LogP) is 3.16. The van der Waals surface area contributed by atoms with Gasteiger partial charge < -0.3 is 20.1 Å². The average Bonchev–Trinajstić information content (AvgIpc) is 2.59. The molecule has 0 bridgehead atoms. The van der Waals surface area contributed by atoms with E-state index in [0.717, 1.165) is 31.2 Å². The molecular weight excluding hydrogens is 332 g/mol. The number of hydrogen-bond acceptors (Lipinski definition) is 5. The zero-order valence-corrected chi connectivity index (χ0v) is 15.9. The van der Waals surface area contributed by atoms with Crippen LogP contribution in [-0.4, -0.2) is 36.3 Å². The molecular formula is C20H30N2O4. The van der Waals surface area contributed by atoms with Gasteiger partial charge in [0.25, 0.3) is 0 Å². The second-order valence-electron chi connectivity index (χ2n) is 7.72. The standard InChI is InChI=1S/C20H30N2O4/c1-20(2,3)26-18(23)13-21-16-9-11-17(12-10-16)22-19(24)25-14-15-7-5-4-6-8-15/h4-8,16-17,21H,9-14H2,1-3H3,(H,22,24). The van der Waals surface area contributed by atoms with Crippen molar-refractivity contribution in [2.24, 2.45) is 0 Å². The zero-order valence-electron chi connectivity index (χ0n) is 15.9. The second kappa shape index (κ2) is 9.57. The fourth-order valence-electron chi connectivity index (χ4n) is 2.98. The summed E-state index contributed by atoms with van der Waals surface area (Å²) in [5.41, 5.74) is 0.512. The molecule has 2 N–H and O–H groups in total. The number of rotatable bonds is 6. The molecule has 144 valence electrons. The van der Waals surface area contributed by atoms with E-state index in [-0.39, 0.29) is 37.3 Å². The Morgan fingerprint density at radius 3 is 2.27 bits per heavy atom. The maximum absolute atomic E-state index is 11.9. The Kier molecular flexibility index (Phi) is 7.45. The largest absolute Gasteiger partial charge is 0.459 e. The second-order valence-corrected chi connectivity index (χ2v) is 7.72. The molecule has 1 aromatic rings. The minimum atomic E-state index is -0.458. The molecule has 1 aromatic carbocycles. The van der Waals surface area contributed by atoms with E-state index in [9.17, 15) is 9.59 Å². The van der Waals surface area contributed by atoms with E-state index in [0.29, 0.717) is 0 Å². The van der Waals surface area contributed by atoms with Gasteiger partial charge in [0.2, 0.25) is 0 Å². The molecule has 0 spiro atoms. The summed E-state index contributed by atoms with van der Waals surface area (Å²) < 4.78 is 10.5. The predicted molar refractivity (Wildman–Crippen MR) is 99.7 cm³/mol. The minimum Gasteiger partial charge on any atom is -0.459 e. The van der Waals surface area contributed by atoms with Crippen LogP contribution >= 0.6 is 0 Å². The van der Waals surface area contributed by atoms with Crippen LogP contribution in [0.3, 0.4) is 0 Å². The highest BCUT2D eigenvalue weighted by Gasteiger charge is 2.24. The molecule has 0 saturated heterocycles. The van der Waals surface area contributed by atoms with E-state index in [4.69, 9.17) is 9.47 Å². The molecule has 0 heterocycles. The van der Waals surface area contributed by atoms with Crippen molar-refractivity contribution >= 4 is 12.1 Å². The molecule has 26 heavy (non-hydrogen) atoms. The van der Waals surface area contributed by atoms with Crippen LogP contribution in [0.4, 0.5) is 4.79 Å². The number of benzene rings is 1. The van der Waals surface area contributed by atoms with Crippen molar-refractivity contribution in [1.82, 2.24) is 10.6 Å². The van der Waals surface area contributed by atoms with Gasteiger partial charge >= 0.3 is 12.1 Å². The lowest BCUT2D eigenvalue weighted by Gasteiger charge is -2.29. The minimum absolute atomic E-state index is 0.123. The zero-order chi connectivity index (χ0) is 19.0. The highest BCUT2D eigenvalue weighted by atomic mass is 16.6. The van der Waals surface area contributed by atoms with Crippen molar-refractivity contribution in [3.8, 4) is 0 Å². The molecule has 6 nitrogen and oxygen atoms in total. The lowest BCUT2D eigenvalue weighted by molar-refractivity contribution is -0.153. The van der Waals surface area contributed by atoms with Crippen LogP contribution in [0.1, 0.15) is 52.0 Å². The Hall–Kier alpha value is -2.08. The van der Waals surface area contributed by atoms with Crippen LogP contribution in [0.2, 0.25) is 0 Å².